The number of carbonyl (C=O) groups is 1. The largest absolute Gasteiger partial charge is 0.497 e. The Bertz CT molecular complexity index is 1310. The van der Waals surface area contributed by atoms with Crippen LogP contribution in [0.15, 0.2) is 53.3 Å². The van der Waals surface area contributed by atoms with Crippen LogP contribution in [-0.2, 0) is 18.3 Å². The van der Waals surface area contributed by atoms with E-state index >= 15 is 0 Å². The standard InChI is InChI=1S/C25H26FN5O4/c1-15-11-16(5-6-20(15)26)24-29-22(35-30-24)8-7-21(32)28-23(25-27-9-10-31(25)2)17-12-18(33-3)14-19(13-17)34-4/h5-6,9-14,23H,7-8H2,1-4H3,(H,28,32). The molecule has 1 atom stereocenters. The number of aromatic nitrogens is 4. The van der Waals surface area contributed by atoms with Gasteiger partial charge in [-0.15, -0.1) is 0 Å². The molecule has 0 saturated carbocycles. The fourth-order valence-electron chi connectivity index (χ4n) is 3.66. The summed E-state index contributed by atoms with van der Waals surface area (Å²) < 4.78 is 31.5. The summed E-state index contributed by atoms with van der Waals surface area (Å²) in [7, 11) is 4.99. The van der Waals surface area contributed by atoms with Gasteiger partial charge in [-0.25, -0.2) is 9.37 Å². The minimum Gasteiger partial charge on any atom is -0.497 e. The molecule has 4 aromatic rings. The van der Waals surface area contributed by atoms with Gasteiger partial charge in [0.25, 0.3) is 0 Å². The number of ether oxygens (including phenoxy) is 2. The third-order valence-corrected chi connectivity index (χ3v) is 5.58. The predicted octanol–water partition coefficient (Wildman–Crippen LogP) is 3.77. The lowest BCUT2D eigenvalue weighted by Crippen LogP contribution is -2.31. The fraction of sp³-hybridized carbons (Fsp3) is 0.280. The first kappa shape index (κ1) is 23.9. The fourth-order valence-corrected chi connectivity index (χ4v) is 3.66. The molecule has 0 radical (unpaired) electrons. The molecule has 0 bridgehead atoms. The molecule has 4 rings (SSSR count). The van der Waals surface area contributed by atoms with Gasteiger partial charge in [-0.05, 0) is 48.4 Å². The molecule has 1 unspecified atom stereocenters. The number of nitrogens with one attached hydrogen (secondary N) is 1. The molecule has 2 aromatic carbocycles. The lowest BCUT2D eigenvalue weighted by Gasteiger charge is -2.20. The zero-order valence-corrected chi connectivity index (χ0v) is 19.9. The Morgan fingerprint density at radius 1 is 1.17 bits per heavy atom. The minimum atomic E-state index is -0.535. The molecule has 0 aliphatic heterocycles. The van der Waals surface area contributed by atoms with E-state index in [9.17, 15) is 9.18 Å². The quantitative estimate of drug-likeness (QED) is 0.390. The minimum absolute atomic E-state index is 0.117. The van der Waals surface area contributed by atoms with Gasteiger partial charge in [-0.1, -0.05) is 5.16 Å². The predicted molar refractivity (Wildman–Crippen MR) is 125 cm³/mol. The van der Waals surface area contributed by atoms with E-state index in [2.05, 4.69) is 20.4 Å². The number of imidazole rings is 1. The van der Waals surface area contributed by atoms with Crippen molar-refractivity contribution in [1.29, 1.82) is 0 Å². The van der Waals surface area contributed by atoms with E-state index < -0.39 is 6.04 Å². The number of methoxy groups -OCH3 is 2. The Labute approximate surface area is 201 Å². The van der Waals surface area contributed by atoms with Crippen LogP contribution in [0.25, 0.3) is 11.4 Å². The number of benzene rings is 2. The molecule has 0 aliphatic rings. The Hall–Kier alpha value is -4.21. The molecule has 10 heteroatoms. The topological polar surface area (TPSA) is 104 Å². The van der Waals surface area contributed by atoms with Crippen LogP contribution in [0, 0.1) is 12.7 Å². The van der Waals surface area contributed by atoms with Gasteiger partial charge < -0.3 is 23.9 Å². The van der Waals surface area contributed by atoms with Crippen LogP contribution in [0.2, 0.25) is 0 Å². The van der Waals surface area contributed by atoms with Crippen LogP contribution in [0.4, 0.5) is 4.39 Å². The number of carbonyl (C=O) groups excluding carboxylic acids is 1. The highest BCUT2D eigenvalue weighted by Gasteiger charge is 2.23. The van der Waals surface area contributed by atoms with Crippen molar-refractivity contribution in [2.45, 2.75) is 25.8 Å². The maximum atomic E-state index is 13.5. The van der Waals surface area contributed by atoms with Crippen molar-refractivity contribution in [1.82, 2.24) is 25.0 Å². The van der Waals surface area contributed by atoms with E-state index in [0.29, 0.717) is 40.2 Å². The van der Waals surface area contributed by atoms with Gasteiger partial charge in [-0.3, -0.25) is 4.79 Å². The van der Waals surface area contributed by atoms with Crippen LogP contribution in [-0.4, -0.2) is 39.8 Å². The molecule has 0 fully saturated rings. The Morgan fingerprint density at radius 3 is 2.54 bits per heavy atom. The van der Waals surface area contributed by atoms with Crippen LogP contribution in [0.5, 0.6) is 11.5 Å². The number of nitrogens with zero attached hydrogens (tertiary/aromatic N) is 4. The van der Waals surface area contributed by atoms with E-state index in [1.54, 1.807) is 45.5 Å². The highest BCUT2D eigenvalue weighted by Crippen LogP contribution is 2.29. The summed E-state index contributed by atoms with van der Waals surface area (Å²) in [5.41, 5.74) is 1.89. The number of halogens is 1. The number of hydrogen-bond acceptors (Lipinski definition) is 7. The van der Waals surface area contributed by atoms with Crippen LogP contribution >= 0.6 is 0 Å². The second kappa shape index (κ2) is 10.4. The highest BCUT2D eigenvalue weighted by molar-refractivity contribution is 5.77. The second-order valence-corrected chi connectivity index (χ2v) is 8.02. The number of rotatable bonds is 9. The van der Waals surface area contributed by atoms with Crippen LogP contribution in [0.3, 0.4) is 0 Å². The average molecular weight is 480 g/mol. The van der Waals surface area contributed by atoms with Crippen molar-refractivity contribution in [3.63, 3.8) is 0 Å². The number of amides is 1. The Morgan fingerprint density at radius 2 is 1.91 bits per heavy atom. The van der Waals surface area contributed by atoms with Gasteiger partial charge in [0.1, 0.15) is 29.2 Å². The van der Waals surface area contributed by atoms with Crippen LogP contribution in [0.1, 0.15) is 35.3 Å². The normalized spacial score (nSPS) is 11.8. The van der Waals surface area contributed by atoms with Gasteiger partial charge >= 0.3 is 0 Å². The van der Waals surface area contributed by atoms with E-state index in [4.69, 9.17) is 14.0 Å². The summed E-state index contributed by atoms with van der Waals surface area (Å²) >= 11 is 0. The summed E-state index contributed by atoms with van der Waals surface area (Å²) in [6, 6.07) is 9.48. The molecule has 182 valence electrons. The first-order valence-electron chi connectivity index (χ1n) is 11.0. The number of aryl methyl sites for hydroxylation is 3. The second-order valence-electron chi connectivity index (χ2n) is 8.02. The summed E-state index contributed by atoms with van der Waals surface area (Å²) in [5.74, 6) is 1.98. The third kappa shape index (κ3) is 5.48. The van der Waals surface area contributed by atoms with Gasteiger partial charge in [0.15, 0.2) is 0 Å². The van der Waals surface area contributed by atoms with Crippen molar-refractivity contribution in [2.75, 3.05) is 14.2 Å². The molecule has 9 nitrogen and oxygen atoms in total. The molecule has 0 saturated heterocycles. The molecule has 0 spiro atoms. The first-order valence-corrected chi connectivity index (χ1v) is 11.0. The Kier molecular flexibility index (Phi) is 7.09. The van der Waals surface area contributed by atoms with Crippen molar-refractivity contribution in [3.8, 4) is 22.9 Å². The highest BCUT2D eigenvalue weighted by atomic mass is 19.1. The van der Waals surface area contributed by atoms with E-state index in [-0.39, 0.29) is 24.6 Å². The summed E-state index contributed by atoms with van der Waals surface area (Å²) in [6.45, 7) is 1.67. The smallest absolute Gasteiger partial charge is 0.227 e. The lowest BCUT2D eigenvalue weighted by atomic mass is 10.0. The molecular weight excluding hydrogens is 453 g/mol. The molecule has 1 N–H and O–H groups in total. The molecule has 0 aliphatic carbocycles. The maximum absolute atomic E-state index is 13.5. The Balaban J connectivity index is 1.49. The van der Waals surface area contributed by atoms with Crippen molar-refractivity contribution < 1.29 is 23.2 Å². The van der Waals surface area contributed by atoms with Gasteiger partial charge in [0.05, 0.1) is 14.2 Å². The van der Waals surface area contributed by atoms with Crippen molar-refractivity contribution in [3.05, 3.63) is 77.5 Å². The summed E-state index contributed by atoms with van der Waals surface area (Å²) in [6.07, 6.45) is 3.84. The SMILES string of the molecule is COc1cc(OC)cc(C(NC(=O)CCc2nc(-c3ccc(F)c(C)c3)no2)c2nccn2C)c1. The molecule has 35 heavy (non-hydrogen) atoms. The van der Waals surface area contributed by atoms with E-state index in [1.807, 2.05) is 29.9 Å². The molecule has 1 amide bonds. The molecule has 2 aromatic heterocycles. The van der Waals surface area contributed by atoms with E-state index in [0.717, 1.165) is 5.56 Å². The van der Waals surface area contributed by atoms with Crippen LogP contribution < -0.4 is 14.8 Å². The molecular formula is C25H26FN5O4. The van der Waals surface area contributed by atoms with Crippen molar-refractivity contribution >= 4 is 5.91 Å². The zero-order valence-electron chi connectivity index (χ0n) is 19.9. The van der Waals surface area contributed by atoms with Gasteiger partial charge in [-0.2, -0.15) is 4.98 Å². The monoisotopic (exact) mass is 479 g/mol. The summed E-state index contributed by atoms with van der Waals surface area (Å²) in [5, 5.41) is 6.99. The third-order valence-electron chi connectivity index (χ3n) is 5.58. The molecule has 2 heterocycles. The first-order chi connectivity index (χ1) is 16.9. The van der Waals surface area contributed by atoms with Crippen molar-refractivity contribution in [2.24, 2.45) is 7.05 Å². The van der Waals surface area contributed by atoms with E-state index in [1.165, 1.54) is 6.07 Å². The van der Waals surface area contributed by atoms with Gasteiger partial charge in [0.2, 0.25) is 17.6 Å². The maximum Gasteiger partial charge on any atom is 0.227 e. The zero-order chi connectivity index (χ0) is 24.9. The number of hydrogen-bond donors (Lipinski definition) is 1. The van der Waals surface area contributed by atoms with Gasteiger partial charge in [0, 0.05) is 43.9 Å². The summed E-state index contributed by atoms with van der Waals surface area (Å²) in [4.78, 5) is 21.7. The lowest BCUT2D eigenvalue weighted by molar-refractivity contribution is -0.121. The average Bonchev–Trinajstić information content (AvgIpc) is 3.51.